The summed E-state index contributed by atoms with van der Waals surface area (Å²) in [5.41, 5.74) is 24.4. The van der Waals surface area contributed by atoms with E-state index in [1.54, 1.807) is 148 Å². The predicted molar refractivity (Wildman–Crippen MR) is 502 cm³/mol. The van der Waals surface area contributed by atoms with Gasteiger partial charge in [0.25, 0.3) is 0 Å². The van der Waals surface area contributed by atoms with Crippen LogP contribution < -0.4 is 5.32 Å². The molecule has 1 aliphatic carbocycles. The first kappa shape index (κ1) is 86.4. The number of benzene rings is 5. The highest BCUT2D eigenvalue weighted by atomic mass is 19.1. The summed E-state index contributed by atoms with van der Waals surface area (Å²) in [7, 11) is 3.46. The number of likely N-dealkylation sites (N-methyl/N-ethyl adjacent to an activating group) is 1. The Hall–Kier alpha value is -17.7. The number of amides is 1. The van der Waals surface area contributed by atoms with Gasteiger partial charge in [0.2, 0.25) is 5.91 Å². The third-order valence-electron chi connectivity index (χ3n) is 23.2. The summed E-state index contributed by atoms with van der Waals surface area (Å²) in [6.45, 7) is 4.75. The maximum atomic E-state index is 13.4. The molecule has 1 saturated heterocycles. The maximum Gasteiger partial charge on any atom is 0.242 e. The predicted octanol–water partition coefficient (Wildman–Crippen LogP) is 17.7. The van der Waals surface area contributed by atoms with E-state index in [0.29, 0.717) is 32.8 Å². The number of aromatic nitrogens is 26. The monoisotopic (exact) mass is 1820 g/mol. The number of halogens is 5. The van der Waals surface area contributed by atoms with Gasteiger partial charge in [0.15, 0.2) is 0 Å². The van der Waals surface area contributed by atoms with Gasteiger partial charge in [0, 0.05) is 178 Å². The molecule has 31 nitrogen and oxygen atoms in total. The molecular weight excluding hydrogens is 1740 g/mol. The van der Waals surface area contributed by atoms with Crippen LogP contribution in [-0.2, 0) is 48.7 Å². The number of ether oxygens (including phenoxy) is 1. The lowest BCUT2D eigenvalue weighted by molar-refractivity contribution is -0.129. The van der Waals surface area contributed by atoms with E-state index in [9.17, 15) is 26.7 Å². The van der Waals surface area contributed by atoms with Crippen LogP contribution in [-0.4, -0.2) is 179 Å². The van der Waals surface area contributed by atoms with Crippen molar-refractivity contribution in [2.45, 2.75) is 45.2 Å². The summed E-state index contributed by atoms with van der Waals surface area (Å²) in [5, 5.41) is 28.8. The van der Waals surface area contributed by atoms with Crippen LogP contribution >= 0.6 is 0 Å². The van der Waals surface area contributed by atoms with Gasteiger partial charge in [-0.25, -0.2) is 71.8 Å². The van der Waals surface area contributed by atoms with Crippen molar-refractivity contribution in [3.63, 3.8) is 0 Å². The minimum atomic E-state index is -0.296. The molecule has 1 amide bonds. The first-order chi connectivity index (χ1) is 66.7. The van der Waals surface area contributed by atoms with Crippen LogP contribution in [0, 0.1) is 29.1 Å². The maximum absolute atomic E-state index is 13.4. The molecule has 1 unspecified atom stereocenters. The Labute approximate surface area is 770 Å². The lowest BCUT2D eigenvalue weighted by Gasteiger charge is -2.24. The number of fused-ring (bicyclic) bond motifs is 5. The molecule has 0 saturated carbocycles. The Bertz CT molecular complexity index is 7440. The Morgan fingerprint density at radius 3 is 1.21 bits per heavy atom. The zero-order valence-corrected chi connectivity index (χ0v) is 72.7. The van der Waals surface area contributed by atoms with Gasteiger partial charge in [-0.1, -0.05) is 17.3 Å². The SMILES string of the molecule is CN(C)C(=O)Cn1cnc(-c2ccc(F)cc2)c1-c1ccnc2c1C=CC2.Fc1ccc(-c2ncn(CC3CNCCO3)c2-c2ccnc3[nH]ccc23)cc1.Fc1ccc(-c2ncn(Cc3ccon3)c2-c2ccnc3[nH]ccc23)cc1.Fc1ccc(-c2ncn(Cc3cn[nH]n3)c2-c2ccnc3[nH]ccc23)cc1.Fc1ccc(-c2ncn(Cc3ncn[nH]3)c2-c2ccnc3[nH]ccc23)cc1. The van der Waals surface area contributed by atoms with Crippen molar-refractivity contribution in [3.05, 3.63) is 352 Å². The van der Waals surface area contributed by atoms with Gasteiger partial charge in [-0.2, -0.15) is 20.5 Å². The fourth-order valence-electron chi connectivity index (χ4n) is 16.7. The quantitative estimate of drug-likeness (QED) is 0.0348. The minimum absolute atomic E-state index is 0.0273. The molecule has 0 bridgehead atoms. The number of pyridine rings is 5. The van der Waals surface area contributed by atoms with Crippen molar-refractivity contribution in [1.29, 1.82) is 0 Å². The highest BCUT2D eigenvalue weighted by molar-refractivity contribution is 6.00. The molecule has 5 aromatic carbocycles. The van der Waals surface area contributed by atoms with E-state index in [1.165, 1.54) is 67.0 Å². The molecule has 0 spiro atoms. The number of nitrogens with zero attached hydrogens (tertiary/aromatic N) is 21. The van der Waals surface area contributed by atoms with Gasteiger partial charge in [-0.15, -0.1) is 0 Å². The Kier molecular flexibility index (Phi) is 24.6. The summed E-state index contributed by atoms with van der Waals surface area (Å²) in [5.74, 6) is -0.699. The van der Waals surface area contributed by atoms with Gasteiger partial charge in [0.1, 0.15) is 88.0 Å². The highest BCUT2D eigenvalue weighted by Gasteiger charge is 2.28. The average molecular weight is 1820 g/mol. The molecule has 1 aliphatic heterocycles. The van der Waals surface area contributed by atoms with Gasteiger partial charge in [-0.05, 0) is 176 Å². The summed E-state index contributed by atoms with van der Waals surface area (Å²) in [6, 6.07) is 51.3. The standard InChI is InChI=1S/C21H20FN5O.C21H19FN4O.C20H14FN5O.2C19H14FN7/c22-15-3-1-14(2-4-15)19-20(17-5-7-24-21-18(17)6-8-25-21)27(13-26-19)12-16-11-23-9-10-28-16;1-25(2)19(27)12-26-13-24-20(14-6-8-15(22)9-7-14)21(26)17-10-11-23-18-5-3-4-16(17)18;21-14-3-1-13(2-4-14)18-19(16-5-8-22-20-17(16)6-9-23-20)26(12-24-18)11-15-7-10-27-25-15;20-13-3-1-12(2-4-13)17-18(15-5-7-21-19-16(15)6-8-22-19)27(11-23-17)10-14-9-24-26-25-14;20-13-3-1-12(2-4-13)17-18(14-5-7-21-19-15(14)6-8-22-19)27(11-24-17)9-16-23-10-25-26-16/h1-8,13,16,23H,9-12H2,(H,24,25);3-4,6-11,13H,5,12H2,1-2H3;1-10,12H,11H2,(H,22,23);1-9,11H,10H2,(H,21,22)(H,24,25,26);1-8,10-11H,9H2,(H,21,22)(H,23,25,26). The molecule has 0 radical (unpaired) electrons. The van der Waals surface area contributed by atoms with Crippen molar-refractivity contribution in [3.8, 4) is 113 Å². The van der Waals surface area contributed by atoms with Crippen molar-refractivity contribution in [2.75, 3.05) is 33.8 Å². The van der Waals surface area contributed by atoms with Crippen molar-refractivity contribution < 1.29 is 36.0 Å². The zero-order valence-electron chi connectivity index (χ0n) is 72.7. The number of hydrogen-bond donors (Lipinski definition) is 7. The number of carbonyl (C=O) groups is 1. The molecule has 7 N–H and O–H groups in total. The van der Waals surface area contributed by atoms with E-state index < -0.39 is 0 Å². The van der Waals surface area contributed by atoms with Crippen molar-refractivity contribution in [1.82, 2.24) is 139 Å². The highest BCUT2D eigenvalue weighted by Crippen LogP contribution is 2.43. The molecule has 18 heterocycles. The fraction of sp³-hybridized carbons (Fsp3) is 0.120. The summed E-state index contributed by atoms with van der Waals surface area (Å²) >= 11 is 0. The van der Waals surface area contributed by atoms with E-state index in [2.05, 4.69) is 128 Å². The molecular formula is C100H81F5N28O3. The number of rotatable bonds is 20. The van der Waals surface area contributed by atoms with E-state index in [0.717, 1.165) is 205 Å². The lowest BCUT2D eigenvalue weighted by Crippen LogP contribution is -2.40. The van der Waals surface area contributed by atoms with Gasteiger partial charge in [0.05, 0.1) is 139 Å². The summed E-state index contributed by atoms with van der Waals surface area (Å²) < 4.78 is 87.9. The number of imidazole rings is 5. The molecule has 17 aromatic heterocycles. The second kappa shape index (κ2) is 38.8. The van der Waals surface area contributed by atoms with E-state index in [-0.39, 0.29) is 47.6 Å². The van der Waals surface area contributed by atoms with E-state index in [1.807, 2.05) is 110 Å². The Balaban J connectivity index is 0.000000105. The first-order valence-corrected chi connectivity index (χ1v) is 43.2. The molecule has 674 valence electrons. The molecule has 2 aliphatic rings. The fourth-order valence-corrected chi connectivity index (χ4v) is 16.7. The van der Waals surface area contributed by atoms with E-state index >= 15 is 0 Å². The molecule has 36 heteroatoms. The first-order valence-electron chi connectivity index (χ1n) is 43.2. The average Bonchev–Trinajstić information content (AvgIpc) is 1.64. The summed E-state index contributed by atoms with van der Waals surface area (Å²) in [6.07, 6.45) is 34.8. The zero-order chi connectivity index (χ0) is 92.5. The molecule has 22 aromatic rings. The third kappa shape index (κ3) is 18.4. The molecule has 1 fully saturated rings. The number of aromatic amines is 6. The second-order valence-electron chi connectivity index (χ2n) is 32.0. The van der Waals surface area contributed by atoms with Crippen molar-refractivity contribution in [2.24, 2.45) is 0 Å². The largest absolute Gasteiger partial charge is 0.374 e. The van der Waals surface area contributed by atoms with Crippen molar-refractivity contribution >= 4 is 56.1 Å². The molecule has 1 atom stereocenters. The van der Waals surface area contributed by atoms with Gasteiger partial charge >= 0.3 is 0 Å². The number of morpholine rings is 1. The van der Waals surface area contributed by atoms with Gasteiger partial charge < -0.3 is 62.2 Å². The minimum Gasteiger partial charge on any atom is -0.374 e. The number of hydrogen-bond acceptors (Lipinski definition) is 19. The summed E-state index contributed by atoms with van der Waals surface area (Å²) in [4.78, 5) is 75.7. The van der Waals surface area contributed by atoms with Crippen LogP contribution in [0.2, 0.25) is 0 Å². The lowest BCUT2D eigenvalue weighted by atomic mass is 10.0. The van der Waals surface area contributed by atoms with Crippen LogP contribution in [0.25, 0.3) is 163 Å². The van der Waals surface area contributed by atoms with Crippen LogP contribution in [0.4, 0.5) is 22.0 Å². The Morgan fingerprint density at radius 1 is 0.426 bits per heavy atom. The Morgan fingerprint density at radius 2 is 0.824 bits per heavy atom. The third-order valence-corrected chi connectivity index (χ3v) is 23.2. The smallest absolute Gasteiger partial charge is 0.242 e. The molecule has 24 rings (SSSR count). The van der Waals surface area contributed by atoms with Crippen LogP contribution in [0.3, 0.4) is 0 Å². The van der Waals surface area contributed by atoms with Gasteiger partial charge in [-0.3, -0.25) is 14.9 Å². The number of carbonyl (C=O) groups excluding carboxylic acids is 1. The van der Waals surface area contributed by atoms with Crippen LogP contribution in [0.15, 0.2) is 299 Å². The topological polar surface area (TPSA) is 367 Å². The number of allylic oxidation sites excluding steroid dienone is 1. The normalized spacial score (nSPS) is 12.7. The van der Waals surface area contributed by atoms with Crippen LogP contribution in [0.5, 0.6) is 0 Å². The number of nitrogens with one attached hydrogen (secondary N) is 7. The molecule has 136 heavy (non-hydrogen) atoms. The van der Waals surface area contributed by atoms with Crippen LogP contribution in [0.1, 0.15) is 28.5 Å². The second-order valence-corrected chi connectivity index (χ2v) is 32.0. The number of H-pyrrole nitrogens is 6. The van der Waals surface area contributed by atoms with E-state index in [4.69, 9.17) is 9.26 Å².